The smallest absolute Gasteiger partial charge is 0.232 e. The lowest BCUT2D eigenvalue weighted by Gasteiger charge is -2.28. The number of rotatable bonds is 4. The molecule has 3 aliphatic rings. The summed E-state index contributed by atoms with van der Waals surface area (Å²) in [7, 11) is 1.59. The van der Waals surface area contributed by atoms with Gasteiger partial charge in [0.25, 0.3) is 0 Å². The summed E-state index contributed by atoms with van der Waals surface area (Å²) in [5, 5.41) is 4.58. The number of nitrogens with one attached hydrogen (secondary N) is 1. The van der Waals surface area contributed by atoms with Crippen LogP contribution in [0.25, 0.3) is 5.57 Å². The molecule has 29 heavy (non-hydrogen) atoms. The van der Waals surface area contributed by atoms with Gasteiger partial charge >= 0.3 is 0 Å². The van der Waals surface area contributed by atoms with Crippen molar-refractivity contribution >= 4 is 17.1 Å². The Morgan fingerprint density at radius 3 is 2.93 bits per heavy atom. The average molecular weight is 391 g/mol. The Morgan fingerprint density at radius 1 is 1.17 bits per heavy atom. The minimum Gasteiger partial charge on any atom is -0.480 e. The van der Waals surface area contributed by atoms with Gasteiger partial charge in [-0.15, -0.1) is 0 Å². The Balaban J connectivity index is 1.43. The van der Waals surface area contributed by atoms with Crippen molar-refractivity contribution in [2.75, 3.05) is 38.3 Å². The van der Waals surface area contributed by atoms with Crippen molar-refractivity contribution in [2.45, 2.75) is 6.04 Å². The van der Waals surface area contributed by atoms with Gasteiger partial charge in [0.1, 0.15) is 12.1 Å². The first-order chi connectivity index (χ1) is 14.3. The molecule has 2 aliphatic heterocycles. The summed E-state index contributed by atoms with van der Waals surface area (Å²) in [6.07, 6.45) is 11.2. The maximum atomic E-state index is 5.44. The van der Waals surface area contributed by atoms with Crippen LogP contribution in [0.2, 0.25) is 0 Å². The third kappa shape index (κ3) is 3.44. The molecule has 9 heteroatoms. The van der Waals surface area contributed by atoms with Crippen LogP contribution in [0.15, 0.2) is 48.1 Å². The summed E-state index contributed by atoms with van der Waals surface area (Å²) in [5.41, 5.74) is 6.67. The van der Waals surface area contributed by atoms with Crippen molar-refractivity contribution in [3.8, 4) is 5.88 Å². The van der Waals surface area contributed by atoms with Gasteiger partial charge in [-0.1, -0.05) is 18.2 Å². The molecule has 2 aromatic heterocycles. The average Bonchev–Trinajstić information content (AvgIpc) is 3.23. The lowest BCUT2D eigenvalue weighted by Crippen LogP contribution is -2.37. The van der Waals surface area contributed by atoms with Crippen molar-refractivity contribution in [1.82, 2.24) is 25.4 Å². The zero-order chi connectivity index (χ0) is 19.6. The van der Waals surface area contributed by atoms with Crippen LogP contribution in [0.3, 0.4) is 0 Å². The summed E-state index contributed by atoms with van der Waals surface area (Å²) in [6.45, 7) is 3.08. The van der Waals surface area contributed by atoms with E-state index in [1.807, 2.05) is 12.1 Å². The van der Waals surface area contributed by atoms with Crippen LogP contribution in [0.1, 0.15) is 11.4 Å². The van der Waals surface area contributed by atoms with Crippen LogP contribution < -0.4 is 15.1 Å². The normalized spacial score (nSPS) is 23.1. The zero-order valence-corrected chi connectivity index (χ0v) is 16.0. The molecule has 9 nitrogen and oxygen atoms in total. The summed E-state index contributed by atoms with van der Waals surface area (Å²) in [6, 6.07) is 2.10. The fourth-order valence-corrected chi connectivity index (χ4v) is 3.71. The monoisotopic (exact) mass is 391 g/mol. The topological polar surface area (TPSA) is 97.7 Å². The van der Waals surface area contributed by atoms with E-state index in [-0.39, 0.29) is 12.0 Å². The summed E-state index contributed by atoms with van der Waals surface area (Å²) >= 11 is 0. The maximum absolute atomic E-state index is 5.44. The van der Waals surface area contributed by atoms with E-state index in [0.717, 1.165) is 41.6 Å². The van der Waals surface area contributed by atoms with Gasteiger partial charge in [-0.25, -0.2) is 15.0 Å². The highest BCUT2D eigenvalue weighted by Gasteiger charge is 2.33. The molecule has 0 saturated carbocycles. The predicted octanol–water partition coefficient (Wildman–Crippen LogP) is 1.06. The third-order valence-corrected chi connectivity index (χ3v) is 5.25. The van der Waals surface area contributed by atoms with E-state index in [9.17, 15) is 0 Å². The Labute approximate surface area is 168 Å². The van der Waals surface area contributed by atoms with Crippen molar-refractivity contribution < 1.29 is 9.47 Å². The van der Waals surface area contributed by atoms with Gasteiger partial charge in [0.05, 0.1) is 55.9 Å². The predicted molar refractivity (Wildman–Crippen MR) is 108 cm³/mol. The van der Waals surface area contributed by atoms with Crippen LogP contribution in [0.4, 0.5) is 5.82 Å². The summed E-state index contributed by atoms with van der Waals surface area (Å²) in [5.74, 6) is 1.44. The van der Waals surface area contributed by atoms with Crippen LogP contribution in [0.5, 0.6) is 5.88 Å². The molecule has 1 N–H and O–H groups in total. The first kappa shape index (κ1) is 17.7. The van der Waals surface area contributed by atoms with E-state index >= 15 is 0 Å². The van der Waals surface area contributed by atoms with Crippen molar-refractivity contribution in [2.24, 2.45) is 11.0 Å². The molecule has 0 bridgehead atoms. The number of allylic oxidation sites excluding steroid dienone is 2. The number of methoxy groups -OCH3 is 1. The Bertz CT molecular complexity index is 998. The summed E-state index contributed by atoms with van der Waals surface area (Å²) < 4.78 is 10.6. The molecule has 0 spiro atoms. The molecule has 0 amide bonds. The quantitative estimate of drug-likeness (QED) is 0.826. The van der Waals surface area contributed by atoms with Crippen LogP contribution in [-0.2, 0) is 4.74 Å². The highest BCUT2D eigenvalue weighted by atomic mass is 16.5. The minimum absolute atomic E-state index is 0.0513. The van der Waals surface area contributed by atoms with E-state index in [4.69, 9.17) is 9.47 Å². The molecular weight excluding hydrogens is 370 g/mol. The molecular formula is C20H21N7O2. The maximum Gasteiger partial charge on any atom is 0.232 e. The van der Waals surface area contributed by atoms with Gasteiger partial charge in [0.2, 0.25) is 5.88 Å². The van der Waals surface area contributed by atoms with E-state index in [0.29, 0.717) is 19.1 Å². The van der Waals surface area contributed by atoms with Crippen LogP contribution >= 0.6 is 0 Å². The largest absolute Gasteiger partial charge is 0.480 e. The van der Waals surface area contributed by atoms with E-state index in [1.165, 1.54) is 0 Å². The van der Waals surface area contributed by atoms with Gasteiger partial charge in [0.15, 0.2) is 0 Å². The SMILES string of the molecule is COc1cncc(C2=CC3C(c4cc(N5CCOCC5)ncn4)=NNC3C=C2)n1. The molecule has 0 radical (unpaired) electrons. The number of aromatic nitrogens is 4. The van der Waals surface area contributed by atoms with Crippen LogP contribution in [0, 0.1) is 5.92 Å². The van der Waals surface area contributed by atoms with E-state index in [1.54, 1.807) is 25.8 Å². The van der Waals surface area contributed by atoms with Gasteiger partial charge in [0, 0.05) is 25.1 Å². The van der Waals surface area contributed by atoms with E-state index < -0.39 is 0 Å². The standard InChI is InChI=1S/C20H21N7O2/c1-28-19-11-21-10-17(24-19)13-2-3-15-14(8-13)20(26-25-15)16-9-18(23-12-22-16)27-4-6-29-7-5-27/h2-3,8-12,14-15,25H,4-7H2,1H3. The molecule has 148 valence electrons. The molecule has 0 aromatic carbocycles. The Morgan fingerprint density at radius 2 is 2.07 bits per heavy atom. The van der Waals surface area contributed by atoms with Gasteiger partial charge in [-0.3, -0.25) is 4.98 Å². The van der Waals surface area contributed by atoms with E-state index in [2.05, 4.69) is 47.5 Å². The molecule has 2 atom stereocenters. The molecule has 1 saturated heterocycles. The number of anilines is 1. The molecule has 1 aliphatic carbocycles. The molecule has 4 heterocycles. The minimum atomic E-state index is 0.0513. The molecule has 2 aromatic rings. The first-order valence-corrected chi connectivity index (χ1v) is 9.56. The highest BCUT2D eigenvalue weighted by Crippen LogP contribution is 2.30. The lowest BCUT2D eigenvalue weighted by atomic mass is 9.87. The fraction of sp³-hybridized carbons (Fsp3) is 0.350. The second-order valence-electron chi connectivity index (χ2n) is 6.97. The number of morpholine rings is 1. The van der Waals surface area contributed by atoms with Crippen molar-refractivity contribution in [1.29, 1.82) is 0 Å². The second-order valence-corrected chi connectivity index (χ2v) is 6.97. The first-order valence-electron chi connectivity index (χ1n) is 9.56. The second kappa shape index (κ2) is 7.59. The zero-order valence-electron chi connectivity index (χ0n) is 16.0. The number of hydrogen-bond donors (Lipinski definition) is 1. The lowest BCUT2D eigenvalue weighted by molar-refractivity contribution is 0.122. The Kier molecular flexibility index (Phi) is 4.65. The molecule has 1 fully saturated rings. The summed E-state index contributed by atoms with van der Waals surface area (Å²) in [4.78, 5) is 19.9. The number of hydrazone groups is 1. The fourth-order valence-electron chi connectivity index (χ4n) is 3.71. The highest BCUT2D eigenvalue weighted by molar-refractivity contribution is 6.05. The van der Waals surface area contributed by atoms with Crippen molar-refractivity contribution in [3.63, 3.8) is 0 Å². The Hall–Kier alpha value is -3.33. The number of ether oxygens (including phenoxy) is 2. The third-order valence-electron chi connectivity index (χ3n) is 5.25. The van der Waals surface area contributed by atoms with Gasteiger partial charge < -0.3 is 19.8 Å². The van der Waals surface area contributed by atoms with Gasteiger partial charge in [-0.05, 0) is 5.57 Å². The number of hydrogen-bond acceptors (Lipinski definition) is 9. The number of nitrogens with zero attached hydrogens (tertiary/aromatic N) is 6. The molecule has 2 unspecified atom stereocenters. The number of fused-ring (bicyclic) bond motifs is 1. The van der Waals surface area contributed by atoms with Crippen LogP contribution in [-0.4, -0.2) is 65.1 Å². The van der Waals surface area contributed by atoms with Gasteiger partial charge in [-0.2, -0.15) is 5.10 Å². The van der Waals surface area contributed by atoms with Crippen molar-refractivity contribution in [3.05, 3.63) is 54.4 Å². The molecule has 5 rings (SSSR count).